The third-order valence-electron chi connectivity index (χ3n) is 4.22. The molecule has 2 aliphatic rings. The number of hydrogen-bond acceptors (Lipinski definition) is 3. The molecular weight excluding hydrogens is 240 g/mol. The minimum atomic E-state index is 0.168. The monoisotopic (exact) mass is 260 g/mol. The van der Waals surface area contributed by atoms with Crippen LogP contribution in [0.5, 0.6) is 5.75 Å². The molecule has 0 unspecified atom stereocenters. The second kappa shape index (κ2) is 5.21. The molecule has 2 saturated heterocycles. The van der Waals surface area contributed by atoms with E-state index in [0.29, 0.717) is 18.4 Å². The van der Waals surface area contributed by atoms with Gasteiger partial charge in [-0.05, 0) is 43.0 Å². The Morgan fingerprint density at radius 2 is 2.32 bits per heavy atom. The molecule has 0 bridgehead atoms. The topological polar surface area (TPSA) is 52.6 Å². The van der Waals surface area contributed by atoms with Crippen LogP contribution in [0.3, 0.4) is 0 Å². The van der Waals surface area contributed by atoms with Gasteiger partial charge in [0.1, 0.15) is 5.75 Å². The van der Waals surface area contributed by atoms with Gasteiger partial charge in [-0.25, -0.2) is 0 Å². The fourth-order valence-corrected chi connectivity index (χ4v) is 3.20. The number of likely N-dealkylation sites (tertiary alicyclic amines) is 1. The van der Waals surface area contributed by atoms with E-state index in [1.54, 1.807) is 18.2 Å². The summed E-state index contributed by atoms with van der Waals surface area (Å²) in [4.78, 5) is 14.3. The van der Waals surface area contributed by atoms with Gasteiger partial charge in [-0.15, -0.1) is 0 Å². The number of phenolic OH excluding ortho intramolecular Hbond substituents is 1. The summed E-state index contributed by atoms with van der Waals surface area (Å²) >= 11 is 0. The smallest absolute Gasteiger partial charge is 0.227 e. The fraction of sp³-hybridized carbons (Fsp3) is 0.533. The van der Waals surface area contributed by atoms with Crippen molar-refractivity contribution in [3.8, 4) is 5.75 Å². The molecule has 2 aliphatic heterocycles. The average Bonchev–Trinajstić information content (AvgIpc) is 2.82. The van der Waals surface area contributed by atoms with Gasteiger partial charge in [-0.3, -0.25) is 4.79 Å². The Labute approximate surface area is 113 Å². The van der Waals surface area contributed by atoms with E-state index in [1.165, 1.54) is 12.8 Å². The predicted molar refractivity (Wildman–Crippen MR) is 72.9 cm³/mol. The first-order valence-corrected chi connectivity index (χ1v) is 7.01. The molecule has 4 nitrogen and oxygen atoms in total. The first kappa shape index (κ1) is 12.5. The maximum Gasteiger partial charge on any atom is 0.227 e. The van der Waals surface area contributed by atoms with Gasteiger partial charge in [0.05, 0.1) is 6.42 Å². The summed E-state index contributed by atoms with van der Waals surface area (Å²) in [6.45, 7) is 2.80. The highest BCUT2D eigenvalue weighted by Crippen LogP contribution is 2.25. The van der Waals surface area contributed by atoms with Crippen LogP contribution in [-0.4, -0.2) is 41.6 Å². The van der Waals surface area contributed by atoms with E-state index in [2.05, 4.69) is 5.32 Å². The molecule has 2 fully saturated rings. The Morgan fingerprint density at radius 1 is 1.42 bits per heavy atom. The van der Waals surface area contributed by atoms with E-state index in [0.717, 1.165) is 25.2 Å². The number of benzene rings is 1. The standard InChI is InChI=1S/C15H20N2O2/c18-13-5-1-3-11(7-13)8-15(19)17-9-12-4-2-6-16-14(12)10-17/h1,3,5,7,12,14,16,18H,2,4,6,8-10H2/t12-,14+/m0/s1. The van der Waals surface area contributed by atoms with E-state index < -0.39 is 0 Å². The molecule has 0 saturated carbocycles. The van der Waals surface area contributed by atoms with Crippen molar-refractivity contribution in [3.63, 3.8) is 0 Å². The second-order valence-electron chi connectivity index (χ2n) is 5.61. The number of phenols is 1. The predicted octanol–water partition coefficient (Wildman–Crippen LogP) is 1.15. The number of nitrogens with zero attached hydrogens (tertiary/aromatic N) is 1. The molecule has 1 aromatic carbocycles. The number of aromatic hydroxyl groups is 1. The Balaban J connectivity index is 1.62. The van der Waals surface area contributed by atoms with Crippen LogP contribution in [-0.2, 0) is 11.2 Å². The van der Waals surface area contributed by atoms with Gasteiger partial charge in [0.2, 0.25) is 5.91 Å². The van der Waals surface area contributed by atoms with E-state index in [-0.39, 0.29) is 11.7 Å². The fourth-order valence-electron chi connectivity index (χ4n) is 3.20. The third kappa shape index (κ3) is 2.73. The zero-order valence-electron chi connectivity index (χ0n) is 11.0. The number of nitrogens with one attached hydrogen (secondary N) is 1. The van der Waals surface area contributed by atoms with Gasteiger partial charge in [0.25, 0.3) is 0 Å². The van der Waals surface area contributed by atoms with E-state index in [1.807, 2.05) is 11.0 Å². The van der Waals surface area contributed by atoms with Crippen molar-refractivity contribution in [1.29, 1.82) is 0 Å². The number of carbonyl (C=O) groups excluding carboxylic acids is 1. The lowest BCUT2D eigenvalue weighted by Crippen LogP contribution is -2.41. The molecule has 0 aliphatic carbocycles. The van der Waals surface area contributed by atoms with Crippen molar-refractivity contribution in [2.45, 2.75) is 25.3 Å². The van der Waals surface area contributed by atoms with Crippen LogP contribution in [0, 0.1) is 5.92 Å². The molecule has 19 heavy (non-hydrogen) atoms. The largest absolute Gasteiger partial charge is 0.508 e. The highest BCUT2D eigenvalue weighted by Gasteiger charge is 2.36. The van der Waals surface area contributed by atoms with Gasteiger partial charge in [0, 0.05) is 19.1 Å². The van der Waals surface area contributed by atoms with Crippen LogP contribution in [0.2, 0.25) is 0 Å². The summed E-state index contributed by atoms with van der Waals surface area (Å²) in [5.74, 6) is 1.02. The molecule has 102 valence electrons. The zero-order chi connectivity index (χ0) is 13.2. The normalized spacial score (nSPS) is 26.2. The lowest BCUT2D eigenvalue weighted by molar-refractivity contribution is -0.129. The van der Waals surface area contributed by atoms with Gasteiger partial charge < -0.3 is 15.3 Å². The number of piperidine rings is 1. The van der Waals surface area contributed by atoms with Crippen molar-refractivity contribution in [3.05, 3.63) is 29.8 Å². The molecule has 1 aromatic rings. The highest BCUT2D eigenvalue weighted by molar-refractivity contribution is 5.79. The number of fused-ring (bicyclic) bond motifs is 1. The third-order valence-corrected chi connectivity index (χ3v) is 4.22. The molecule has 0 spiro atoms. The van der Waals surface area contributed by atoms with Crippen LogP contribution in [0.15, 0.2) is 24.3 Å². The molecule has 2 heterocycles. The maximum absolute atomic E-state index is 12.3. The number of amides is 1. The van der Waals surface area contributed by atoms with Crippen molar-refractivity contribution < 1.29 is 9.90 Å². The minimum Gasteiger partial charge on any atom is -0.508 e. The number of hydrogen-bond donors (Lipinski definition) is 2. The van der Waals surface area contributed by atoms with Crippen molar-refractivity contribution in [1.82, 2.24) is 10.2 Å². The van der Waals surface area contributed by atoms with E-state index in [4.69, 9.17) is 0 Å². The summed E-state index contributed by atoms with van der Waals surface area (Å²) in [5.41, 5.74) is 0.882. The summed E-state index contributed by atoms with van der Waals surface area (Å²) in [5, 5.41) is 12.9. The van der Waals surface area contributed by atoms with Crippen molar-refractivity contribution >= 4 is 5.91 Å². The maximum atomic E-state index is 12.3. The molecule has 4 heteroatoms. The van der Waals surface area contributed by atoms with Gasteiger partial charge in [-0.2, -0.15) is 0 Å². The average molecular weight is 260 g/mol. The van der Waals surface area contributed by atoms with Gasteiger partial charge in [-0.1, -0.05) is 12.1 Å². The SMILES string of the molecule is O=C(Cc1cccc(O)c1)N1C[C@@H]2CCCN[C@@H]2C1. The second-order valence-corrected chi connectivity index (χ2v) is 5.61. The van der Waals surface area contributed by atoms with E-state index in [9.17, 15) is 9.90 Å². The molecule has 0 aromatic heterocycles. The number of carbonyl (C=O) groups is 1. The molecule has 1 amide bonds. The molecule has 2 N–H and O–H groups in total. The first-order chi connectivity index (χ1) is 9.22. The molecule has 0 radical (unpaired) electrons. The lowest BCUT2D eigenvalue weighted by Gasteiger charge is -2.24. The Morgan fingerprint density at radius 3 is 3.11 bits per heavy atom. The molecular formula is C15H20N2O2. The van der Waals surface area contributed by atoms with Crippen molar-refractivity contribution in [2.75, 3.05) is 19.6 Å². The van der Waals surface area contributed by atoms with E-state index >= 15 is 0 Å². The van der Waals surface area contributed by atoms with Crippen LogP contribution < -0.4 is 5.32 Å². The first-order valence-electron chi connectivity index (χ1n) is 7.01. The Bertz CT molecular complexity index is 461. The van der Waals surface area contributed by atoms with Crippen LogP contribution >= 0.6 is 0 Å². The van der Waals surface area contributed by atoms with Crippen LogP contribution in [0.25, 0.3) is 0 Å². The number of rotatable bonds is 2. The summed E-state index contributed by atoms with van der Waals surface area (Å²) in [7, 11) is 0. The lowest BCUT2D eigenvalue weighted by atomic mass is 9.94. The minimum absolute atomic E-state index is 0.168. The van der Waals surface area contributed by atoms with Gasteiger partial charge >= 0.3 is 0 Å². The Hall–Kier alpha value is -1.55. The quantitative estimate of drug-likeness (QED) is 0.838. The molecule has 2 atom stereocenters. The summed E-state index contributed by atoms with van der Waals surface area (Å²) in [6.07, 6.45) is 2.83. The van der Waals surface area contributed by atoms with Gasteiger partial charge in [0.15, 0.2) is 0 Å². The highest BCUT2D eigenvalue weighted by atomic mass is 16.3. The Kier molecular flexibility index (Phi) is 3.42. The zero-order valence-corrected chi connectivity index (χ0v) is 11.0. The van der Waals surface area contributed by atoms with Crippen LogP contribution in [0.4, 0.5) is 0 Å². The summed E-state index contributed by atoms with van der Waals surface area (Å²) in [6, 6.07) is 7.45. The molecule has 3 rings (SSSR count). The van der Waals surface area contributed by atoms with Crippen LogP contribution in [0.1, 0.15) is 18.4 Å². The summed E-state index contributed by atoms with van der Waals surface area (Å²) < 4.78 is 0. The van der Waals surface area contributed by atoms with Crippen molar-refractivity contribution in [2.24, 2.45) is 5.92 Å².